The first kappa shape index (κ1) is 23.4. The smallest absolute Gasteiger partial charge is 0.220 e. The number of piperazine rings is 1. The number of rotatable bonds is 9. The molecule has 7 nitrogen and oxygen atoms in total. The quantitative estimate of drug-likeness (QED) is 0.510. The largest absolute Gasteiger partial charge is 0.356 e. The van der Waals surface area contributed by atoms with Crippen molar-refractivity contribution in [2.75, 3.05) is 39.3 Å². The van der Waals surface area contributed by atoms with Gasteiger partial charge in [0.15, 0.2) is 5.65 Å². The first-order valence-corrected chi connectivity index (χ1v) is 12.1. The van der Waals surface area contributed by atoms with Gasteiger partial charge < -0.3 is 10.2 Å². The molecular formula is C26H36N6O. The number of fused-ring (bicyclic) bond motifs is 1. The summed E-state index contributed by atoms with van der Waals surface area (Å²) in [6.45, 7) is 13.3. The SMILES string of the molecule is Cc1cc2nc(C)c(CCC(=O)NCCCN3CCN(Cc4ccccc4)CC3)c(C)n2n1. The second-order valence-electron chi connectivity index (χ2n) is 9.12. The van der Waals surface area contributed by atoms with Crippen molar-refractivity contribution in [2.24, 2.45) is 0 Å². The van der Waals surface area contributed by atoms with Gasteiger partial charge in [-0.25, -0.2) is 9.50 Å². The predicted octanol–water partition coefficient (Wildman–Crippen LogP) is 2.91. The molecule has 176 valence electrons. The van der Waals surface area contributed by atoms with Crippen LogP contribution in [0.25, 0.3) is 5.65 Å². The van der Waals surface area contributed by atoms with Gasteiger partial charge in [-0.15, -0.1) is 0 Å². The number of benzene rings is 1. The molecule has 0 aliphatic carbocycles. The van der Waals surface area contributed by atoms with E-state index in [1.165, 1.54) is 5.56 Å². The van der Waals surface area contributed by atoms with Crippen LogP contribution in [0.3, 0.4) is 0 Å². The van der Waals surface area contributed by atoms with Crippen molar-refractivity contribution >= 4 is 11.6 Å². The average molecular weight is 449 g/mol. The van der Waals surface area contributed by atoms with Crippen molar-refractivity contribution in [1.29, 1.82) is 0 Å². The highest BCUT2D eigenvalue weighted by Crippen LogP contribution is 2.17. The van der Waals surface area contributed by atoms with E-state index in [2.05, 4.69) is 62.5 Å². The Balaban J connectivity index is 1.13. The van der Waals surface area contributed by atoms with Crippen LogP contribution in [0.2, 0.25) is 0 Å². The monoisotopic (exact) mass is 448 g/mol. The number of aromatic nitrogens is 3. The molecule has 0 bridgehead atoms. The van der Waals surface area contributed by atoms with Crippen LogP contribution >= 0.6 is 0 Å². The van der Waals surface area contributed by atoms with Crippen molar-refractivity contribution in [2.45, 2.75) is 46.6 Å². The zero-order chi connectivity index (χ0) is 23.2. The van der Waals surface area contributed by atoms with Crippen LogP contribution in [0.1, 0.15) is 41.1 Å². The molecule has 0 unspecified atom stereocenters. The van der Waals surface area contributed by atoms with Crippen LogP contribution in [-0.4, -0.2) is 69.6 Å². The maximum Gasteiger partial charge on any atom is 0.220 e. The third-order valence-corrected chi connectivity index (χ3v) is 6.58. The number of aryl methyl sites for hydroxylation is 3. The normalized spacial score (nSPS) is 15.2. The standard InChI is InChI=1S/C26H36N6O/c1-20-18-25-28-21(2)24(22(3)32(25)29-20)10-11-26(33)27-12-7-13-30-14-16-31(17-15-30)19-23-8-5-4-6-9-23/h4-6,8-9,18H,7,10-17,19H2,1-3H3,(H,27,33). The lowest BCUT2D eigenvalue weighted by atomic mass is 10.1. The summed E-state index contributed by atoms with van der Waals surface area (Å²) in [6, 6.07) is 12.7. The number of hydrogen-bond acceptors (Lipinski definition) is 5. The van der Waals surface area contributed by atoms with E-state index in [9.17, 15) is 4.79 Å². The average Bonchev–Trinajstić information content (AvgIpc) is 3.18. The number of nitrogens with zero attached hydrogens (tertiary/aromatic N) is 5. The van der Waals surface area contributed by atoms with Gasteiger partial charge in [-0.05, 0) is 51.3 Å². The minimum Gasteiger partial charge on any atom is -0.356 e. The van der Waals surface area contributed by atoms with E-state index < -0.39 is 0 Å². The molecule has 3 aromatic rings. The highest BCUT2D eigenvalue weighted by atomic mass is 16.1. The first-order valence-electron chi connectivity index (χ1n) is 12.1. The third kappa shape index (κ3) is 6.18. The van der Waals surface area contributed by atoms with Gasteiger partial charge in [-0.1, -0.05) is 30.3 Å². The van der Waals surface area contributed by atoms with E-state index in [4.69, 9.17) is 0 Å². The predicted molar refractivity (Wildman–Crippen MR) is 131 cm³/mol. The number of carbonyl (C=O) groups is 1. The minimum atomic E-state index is 0.109. The van der Waals surface area contributed by atoms with Crippen LogP contribution in [-0.2, 0) is 17.8 Å². The summed E-state index contributed by atoms with van der Waals surface area (Å²) < 4.78 is 1.88. The molecule has 1 N–H and O–H groups in total. The Morgan fingerprint density at radius 1 is 1.03 bits per heavy atom. The summed E-state index contributed by atoms with van der Waals surface area (Å²) in [5.41, 5.74) is 6.39. The van der Waals surface area contributed by atoms with Crippen LogP contribution in [0.5, 0.6) is 0 Å². The van der Waals surface area contributed by atoms with Gasteiger partial charge in [0.05, 0.1) is 5.69 Å². The fourth-order valence-corrected chi connectivity index (χ4v) is 4.67. The zero-order valence-corrected chi connectivity index (χ0v) is 20.2. The highest BCUT2D eigenvalue weighted by Gasteiger charge is 2.17. The summed E-state index contributed by atoms with van der Waals surface area (Å²) in [5.74, 6) is 0.109. The molecular weight excluding hydrogens is 412 g/mol. The molecule has 1 amide bonds. The molecule has 0 spiro atoms. The van der Waals surface area contributed by atoms with Crippen molar-refractivity contribution in [3.63, 3.8) is 0 Å². The van der Waals surface area contributed by atoms with Gasteiger partial charge in [-0.2, -0.15) is 5.10 Å². The molecule has 1 saturated heterocycles. The lowest BCUT2D eigenvalue weighted by Crippen LogP contribution is -2.46. The Morgan fingerprint density at radius 3 is 2.52 bits per heavy atom. The molecule has 0 atom stereocenters. The number of hydrogen-bond donors (Lipinski definition) is 1. The molecule has 0 radical (unpaired) electrons. The van der Waals surface area contributed by atoms with E-state index in [0.29, 0.717) is 12.8 Å². The van der Waals surface area contributed by atoms with Gasteiger partial charge in [0, 0.05) is 63.1 Å². The molecule has 0 saturated carbocycles. The second kappa shape index (κ2) is 10.9. The van der Waals surface area contributed by atoms with E-state index in [1.807, 2.05) is 24.4 Å². The molecule has 7 heteroatoms. The Bertz CT molecular complexity index is 1070. The topological polar surface area (TPSA) is 65.8 Å². The molecule has 1 fully saturated rings. The van der Waals surface area contributed by atoms with Gasteiger partial charge >= 0.3 is 0 Å². The summed E-state index contributed by atoms with van der Waals surface area (Å²) >= 11 is 0. The fourth-order valence-electron chi connectivity index (χ4n) is 4.67. The summed E-state index contributed by atoms with van der Waals surface area (Å²) in [4.78, 5) is 22.1. The van der Waals surface area contributed by atoms with Crippen LogP contribution in [0.15, 0.2) is 36.4 Å². The minimum absolute atomic E-state index is 0.109. The van der Waals surface area contributed by atoms with Gasteiger partial charge in [0.2, 0.25) is 5.91 Å². The molecule has 1 aliphatic rings. The first-order chi connectivity index (χ1) is 16.0. The lowest BCUT2D eigenvalue weighted by molar-refractivity contribution is -0.121. The molecule has 33 heavy (non-hydrogen) atoms. The summed E-state index contributed by atoms with van der Waals surface area (Å²) in [6.07, 6.45) is 2.16. The zero-order valence-electron chi connectivity index (χ0n) is 20.2. The molecule has 1 aromatic carbocycles. The van der Waals surface area contributed by atoms with Crippen molar-refractivity contribution in [3.05, 3.63) is 64.6 Å². The van der Waals surface area contributed by atoms with Gasteiger partial charge in [-0.3, -0.25) is 9.69 Å². The van der Waals surface area contributed by atoms with Crippen LogP contribution in [0, 0.1) is 20.8 Å². The van der Waals surface area contributed by atoms with Crippen LogP contribution in [0.4, 0.5) is 0 Å². The molecule has 4 rings (SSSR count). The molecule has 3 heterocycles. The van der Waals surface area contributed by atoms with Gasteiger partial charge in [0.1, 0.15) is 0 Å². The maximum absolute atomic E-state index is 12.4. The Labute approximate surface area is 196 Å². The van der Waals surface area contributed by atoms with Crippen molar-refractivity contribution < 1.29 is 4.79 Å². The maximum atomic E-state index is 12.4. The van der Waals surface area contributed by atoms with Crippen molar-refractivity contribution in [1.82, 2.24) is 29.7 Å². The third-order valence-electron chi connectivity index (χ3n) is 6.58. The molecule has 2 aromatic heterocycles. The van der Waals surface area contributed by atoms with E-state index in [-0.39, 0.29) is 5.91 Å². The Kier molecular flexibility index (Phi) is 7.73. The summed E-state index contributed by atoms with van der Waals surface area (Å²) in [5, 5.41) is 7.61. The summed E-state index contributed by atoms with van der Waals surface area (Å²) in [7, 11) is 0. The number of carbonyl (C=O) groups excluding carboxylic acids is 1. The fraction of sp³-hybridized carbons (Fsp3) is 0.500. The van der Waals surface area contributed by atoms with Crippen molar-refractivity contribution in [3.8, 4) is 0 Å². The number of amides is 1. The Morgan fingerprint density at radius 2 is 1.76 bits per heavy atom. The molecule has 1 aliphatic heterocycles. The second-order valence-corrected chi connectivity index (χ2v) is 9.12. The Hall–Kier alpha value is -2.77. The van der Waals surface area contributed by atoms with Gasteiger partial charge in [0.25, 0.3) is 0 Å². The number of nitrogens with one attached hydrogen (secondary N) is 1. The lowest BCUT2D eigenvalue weighted by Gasteiger charge is -2.34. The van der Waals surface area contributed by atoms with E-state index in [1.54, 1.807) is 0 Å². The van der Waals surface area contributed by atoms with Crippen LogP contribution < -0.4 is 5.32 Å². The van der Waals surface area contributed by atoms with E-state index >= 15 is 0 Å². The highest BCUT2D eigenvalue weighted by molar-refractivity contribution is 5.76. The van der Waals surface area contributed by atoms with E-state index in [0.717, 1.165) is 80.5 Å².